The molecule has 0 bridgehead atoms. The van der Waals surface area contributed by atoms with Crippen LogP contribution in [-0.2, 0) is 22.5 Å². The second-order valence-electron chi connectivity index (χ2n) is 11.3. The van der Waals surface area contributed by atoms with Gasteiger partial charge in [0, 0.05) is 19.5 Å². The average Bonchev–Trinajstić information content (AvgIpc) is 2.77. The largest absolute Gasteiger partial charge is 0.484 e. The zero-order chi connectivity index (χ0) is 26.5. The van der Waals surface area contributed by atoms with E-state index in [0.717, 1.165) is 18.4 Å². The summed E-state index contributed by atoms with van der Waals surface area (Å²) in [6, 6.07) is 9.74. The molecular formula is C28H39N3O5. The monoisotopic (exact) mass is 497 g/mol. The number of aryl methyl sites for hydroxylation is 1. The topological polar surface area (TPSA) is 90.9 Å². The number of nitrogens with zero attached hydrogens (tertiary/aromatic N) is 3. The summed E-state index contributed by atoms with van der Waals surface area (Å²) in [5.41, 5.74) is 0.550. The summed E-state index contributed by atoms with van der Waals surface area (Å²) in [6.45, 7) is 14.4. The molecule has 8 nitrogen and oxygen atoms in total. The molecule has 0 N–H and O–H groups in total. The molecule has 0 saturated carbocycles. The number of carbonyl (C=O) groups excluding carboxylic acids is 2. The Bertz CT molecular complexity index is 1050. The summed E-state index contributed by atoms with van der Waals surface area (Å²) in [6.07, 6.45) is 1.96. The fourth-order valence-corrected chi connectivity index (χ4v) is 3.98. The van der Waals surface area contributed by atoms with Gasteiger partial charge in [0.25, 0.3) is 0 Å². The molecular weight excluding hydrogens is 458 g/mol. The van der Waals surface area contributed by atoms with Crippen molar-refractivity contribution < 1.29 is 23.8 Å². The summed E-state index contributed by atoms with van der Waals surface area (Å²) >= 11 is 0. The normalized spacial score (nSPS) is 14.9. The van der Waals surface area contributed by atoms with E-state index in [2.05, 4.69) is 9.97 Å². The molecule has 0 atom stereocenters. The second-order valence-corrected chi connectivity index (χ2v) is 11.3. The van der Waals surface area contributed by atoms with E-state index in [1.54, 1.807) is 4.90 Å². The van der Waals surface area contributed by atoms with Gasteiger partial charge in [-0.05, 0) is 72.8 Å². The van der Waals surface area contributed by atoms with Gasteiger partial charge >= 0.3 is 12.1 Å². The number of hydrogen-bond donors (Lipinski definition) is 0. The summed E-state index contributed by atoms with van der Waals surface area (Å²) in [5, 5.41) is 0. The van der Waals surface area contributed by atoms with Crippen LogP contribution in [-0.4, -0.2) is 51.2 Å². The minimum atomic E-state index is -0.665. The maximum Gasteiger partial charge on any atom is 0.410 e. The first kappa shape index (κ1) is 27.4. The minimum Gasteiger partial charge on any atom is -0.484 e. The minimum absolute atomic E-state index is 0.148. The highest BCUT2D eigenvalue weighted by atomic mass is 16.6. The Balaban J connectivity index is 1.74. The highest BCUT2D eigenvalue weighted by Crippen LogP contribution is 2.27. The number of benzene rings is 1. The van der Waals surface area contributed by atoms with E-state index in [1.165, 1.54) is 0 Å². The molecule has 0 spiro atoms. The van der Waals surface area contributed by atoms with Gasteiger partial charge in [0.1, 0.15) is 23.6 Å². The van der Waals surface area contributed by atoms with Crippen molar-refractivity contribution in [2.75, 3.05) is 13.1 Å². The SMILES string of the molecule is Cc1nc(CC2CCN(C(=O)OC(C)(C)C)CC2)nc(C(=O)OC(C)(C)C)c1OCc1ccccc1. The molecule has 1 aromatic carbocycles. The third-order valence-electron chi connectivity index (χ3n) is 5.64. The van der Waals surface area contributed by atoms with Gasteiger partial charge in [-0.1, -0.05) is 30.3 Å². The van der Waals surface area contributed by atoms with Crippen LogP contribution in [0.1, 0.15) is 82.0 Å². The Kier molecular flexibility index (Phi) is 8.59. The van der Waals surface area contributed by atoms with Crippen LogP contribution in [0, 0.1) is 12.8 Å². The van der Waals surface area contributed by atoms with Crippen molar-refractivity contribution in [3.05, 3.63) is 53.1 Å². The number of aromatic nitrogens is 2. The standard InChI is InChI=1S/C28H39N3O5/c1-19-24(34-18-21-11-9-8-10-12-21)23(25(32)35-27(2,3)4)30-22(29-19)17-20-13-15-31(16-14-20)26(33)36-28(5,6)7/h8-12,20H,13-18H2,1-7H3. The number of hydrogen-bond acceptors (Lipinski definition) is 7. The van der Waals surface area contributed by atoms with Crippen LogP contribution in [0.4, 0.5) is 4.79 Å². The van der Waals surface area contributed by atoms with E-state index in [0.29, 0.717) is 49.3 Å². The van der Waals surface area contributed by atoms with Gasteiger partial charge < -0.3 is 19.1 Å². The van der Waals surface area contributed by atoms with Crippen LogP contribution in [0.2, 0.25) is 0 Å². The van der Waals surface area contributed by atoms with Gasteiger partial charge in [0.15, 0.2) is 11.4 Å². The van der Waals surface area contributed by atoms with Crippen molar-refractivity contribution >= 4 is 12.1 Å². The first-order valence-electron chi connectivity index (χ1n) is 12.6. The van der Waals surface area contributed by atoms with E-state index < -0.39 is 17.2 Å². The van der Waals surface area contributed by atoms with E-state index in [-0.39, 0.29) is 11.8 Å². The van der Waals surface area contributed by atoms with Crippen LogP contribution in [0.25, 0.3) is 0 Å². The molecule has 1 saturated heterocycles. The van der Waals surface area contributed by atoms with E-state index >= 15 is 0 Å². The highest BCUT2D eigenvalue weighted by Gasteiger charge is 2.29. The molecule has 2 heterocycles. The zero-order valence-electron chi connectivity index (χ0n) is 22.6. The van der Waals surface area contributed by atoms with Crippen LogP contribution in [0.5, 0.6) is 5.75 Å². The summed E-state index contributed by atoms with van der Waals surface area (Å²) < 4.78 is 17.2. The predicted molar refractivity (Wildman–Crippen MR) is 137 cm³/mol. The molecule has 8 heteroatoms. The van der Waals surface area contributed by atoms with Gasteiger partial charge in [0.05, 0.1) is 5.69 Å². The van der Waals surface area contributed by atoms with Crippen LogP contribution in [0.15, 0.2) is 30.3 Å². The molecule has 36 heavy (non-hydrogen) atoms. The molecule has 3 rings (SSSR count). The maximum atomic E-state index is 13.1. The van der Waals surface area contributed by atoms with Gasteiger partial charge in [-0.3, -0.25) is 0 Å². The lowest BCUT2D eigenvalue weighted by Crippen LogP contribution is -2.42. The summed E-state index contributed by atoms with van der Waals surface area (Å²) in [7, 11) is 0. The van der Waals surface area contributed by atoms with Gasteiger partial charge in [-0.25, -0.2) is 19.6 Å². The van der Waals surface area contributed by atoms with Crippen LogP contribution >= 0.6 is 0 Å². The van der Waals surface area contributed by atoms with Crippen molar-refractivity contribution in [3.63, 3.8) is 0 Å². The lowest BCUT2D eigenvalue weighted by Gasteiger charge is -2.33. The lowest BCUT2D eigenvalue weighted by molar-refractivity contribution is 0.00553. The quantitative estimate of drug-likeness (QED) is 0.486. The predicted octanol–water partition coefficient (Wildman–Crippen LogP) is 5.51. The van der Waals surface area contributed by atoms with Crippen molar-refractivity contribution in [3.8, 4) is 5.75 Å². The van der Waals surface area contributed by atoms with Crippen molar-refractivity contribution in [1.29, 1.82) is 0 Å². The van der Waals surface area contributed by atoms with Crippen molar-refractivity contribution in [1.82, 2.24) is 14.9 Å². The Morgan fingerprint density at radius 2 is 1.56 bits per heavy atom. The molecule has 1 aliphatic heterocycles. The molecule has 1 aromatic heterocycles. The molecule has 0 aliphatic carbocycles. The molecule has 0 unspecified atom stereocenters. The first-order valence-corrected chi connectivity index (χ1v) is 12.6. The number of amides is 1. The van der Waals surface area contributed by atoms with Crippen LogP contribution in [0.3, 0.4) is 0 Å². The Morgan fingerprint density at radius 3 is 2.14 bits per heavy atom. The number of piperidine rings is 1. The number of rotatable bonds is 6. The Hall–Kier alpha value is -3.16. The molecule has 196 valence electrons. The average molecular weight is 498 g/mol. The zero-order valence-corrected chi connectivity index (χ0v) is 22.6. The molecule has 0 radical (unpaired) electrons. The Morgan fingerprint density at radius 1 is 0.944 bits per heavy atom. The van der Waals surface area contributed by atoms with Crippen molar-refractivity contribution in [2.45, 2.75) is 85.5 Å². The lowest BCUT2D eigenvalue weighted by atomic mass is 9.93. The van der Waals surface area contributed by atoms with Crippen LogP contribution < -0.4 is 4.74 Å². The van der Waals surface area contributed by atoms with Gasteiger partial charge in [-0.2, -0.15) is 0 Å². The molecule has 2 aromatic rings. The third-order valence-corrected chi connectivity index (χ3v) is 5.64. The number of ether oxygens (including phenoxy) is 3. The first-order chi connectivity index (χ1) is 16.8. The van der Waals surface area contributed by atoms with E-state index in [9.17, 15) is 9.59 Å². The fourth-order valence-electron chi connectivity index (χ4n) is 3.98. The second kappa shape index (κ2) is 11.3. The third kappa shape index (κ3) is 8.21. The highest BCUT2D eigenvalue weighted by molar-refractivity contribution is 5.90. The molecule has 1 aliphatic rings. The fraction of sp³-hybridized carbons (Fsp3) is 0.571. The number of esters is 1. The summed E-state index contributed by atoms with van der Waals surface area (Å²) in [5.74, 6) is 0.690. The van der Waals surface area contributed by atoms with Crippen molar-refractivity contribution in [2.24, 2.45) is 5.92 Å². The number of carbonyl (C=O) groups is 2. The molecule has 1 fully saturated rings. The smallest absolute Gasteiger partial charge is 0.410 e. The summed E-state index contributed by atoms with van der Waals surface area (Å²) in [4.78, 5) is 36.5. The Labute approximate surface area is 214 Å². The van der Waals surface area contributed by atoms with E-state index in [1.807, 2.05) is 78.8 Å². The molecule has 1 amide bonds. The number of likely N-dealkylation sites (tertiary alicyclic amines) is 1. The van der Waals surface area contributed by atoms with E-state index in [4.69, 9.17) is 14.2 Å². The maximum absolute atomic E-state index is 13.1. The van der Waals surface area contributed by atoms with Gasteiger partial charge in [0.2, 0.25) is 0 Å². The van der Waals surface area contributed by atoms with Gasteiger partial charge in [-0.15, -0.1) is 0 Å².